The highest BCUT2D eigenvalue weighted by atomic mass is 32.3. The van der Waals surface area contributed by atoms with E-state index < -0.39 is 151 Å². The van der Waals surface area contributed by atoms with Crippen molar-refractivity contribution in [1.82, 2.24) is 67.2 Å². The highest BCUT2D eigenvalue weighted by Crippen LogP contribution is 2.34. The van der Waals surface area contributed by atoms with Gasteiger partial charge in [0.2, 0.25) is 46.5 Å². The minimum atomic E-state index is -5.19. The van der Waals surface area contributed by atoms with E-state index in [2.05, 4.69) is 61.4 Å². The van der Waals surface area contributed by atoms with Crippen LogP contribution in [0.5, 0.6) is 11.5 Å². The van der Waals surface area contributed by atoms with Crippen LogP contribution in [0.4, 0.5) is 11.1 Å². The van der Waals surface area contributed by atoms with Crippen LogP contribution in [-0.4, -0.2) is 273 Å². The van der Waals surface area contributed by atoms with Crippen LogP contribution in [0.3, 0.4) is 0 Å². The number of phenols is 1. The number of nitrogens with one attached hydrogen (secondary N) is 7. The van der Waals surface area contributed by atoms with Gasteiger partial charge in [-0.15, -0.1) is 10.2 Å². The molecule has 5 fully saturated rings. The average Bonchev–Trinajstić information content (AvgIpc) is 1.62. The molecule has 102 heavy (non-hydrogen) atoms. The Morgan fingerprint density at radius 2 is 1.42 bits per heavy atom. The number of β-amino-alcohol motifs (C(OH)–C–C–N with tert-alkyl or cyclic N) is 1. The van der Waals surface area contributed by atoms with Crippen molar-refractivity contribution in [3.05, 3.63) is 60.4 Å². The minimum absolute atomic E-state index is 0.0201. The highest BCUT2D eigenvalue weighted by Gasteiger charge is 2.46. The Hall–Kier alpha value is -7.39. The van der Waals surface area contributed by atoms with Gasteiger partial charge in [-0.25, -0.2) is 9.97 Å². The number of benzene rings is 2. The van der Waals surface area contributed by atoms with Crippen molar-refractivity contribution in [2.75, 3.05) is 95.6 Å². The molecule has 1 aliphatic carbocycles. The number of aliphatic hydroxyl groups is 6. The first-order valence-corrected chi connectivity index (χ1v) is 37.3. The number of ether oxygens (including phenoxy) is 1. The average molecular weight is 1470 g/mol. The number of carbonyl (C=O) groups excluding carboxylic acids is 6. The van der Waals surface area contributed by atoms with Crippen molar-refractivity contribution in [2.45, 2.75) is 177 Å². The number of hydrogen-bond donors (Lipinski definition) is 15. The van der Waals surface area contributed by atoms with Crippen LogP contribution in [-0.2, 0) is 50.3 Å². The van der Waals surface area contributed by atoms with Crippen molar-refractivity contribution in [1.29, 1.82) is 0 Å². The lowest BCUT2D eigenvalue weighted by atomic mass is 9.96. The quantitative estimate of drug-likeness (QED) is 0.0147. The lowest BCUT2D eigenvalue weighted by molar-refractivity contribution is -0.145. The van der Waals surface area contributed by atoms with Gasteiger partial charge in [-0.2, -0.15) is 8.42 Å². The molecule has 35 heteroatoms. The molecule has 9 rings (SSSR count). The maximum absolute atomic E-state index is 14.7. The summed E-state index contributed by atoms with van der Waals surface area (Å²) in [4.78, 5) is 102. The van der Waals surface area contributed by atoms with Crippen LogP contribution >= 0.6 is 11.3 Å². The lowest BCUT2D eigenvalue weighted by Crippen LogP contribution is -2.63. The normalized spacial score (nSPS) is 21.1. The molecule has 1 saturated carbocycles. The number of anilines is 2. The number of likely N-dealkylation sites (tertiary alicyclic amines) is 2. The molecule has 562 valence electrons. The van der Waals surface area contributed by atoms with Crippen LogP contribution in [0.1, 0.15) is 103 Å². The summed E-state index contributed by atoms with van der Waals surface area (Å²) in [5, 5.41) is 106. The first-order valence-electron chi connectivity index (χ1n) is 35.1. The zero-order valence-electron chi connectivity index (χ0n) is 57.7. The largest absolute Gasteiger partial charge is 0.504 e. The summed E-state index contributed by atoms with van der Waals surface area (Å²) >= 11 is 1.47. The van der Waals surface area contributed by atoms with Gasteiger partial charge in [0.15, 0.2) is 11.5 Å². The van der Waals surface area contributed by atoms with Gasteiger partial charge in [0.1, 0.15) is 29.2 Å². The Morgan fingerprint density at radius 3 is 2.08 bits per heavy atom. The summed E-state index contributed by atoms with van der Waals surface area (Å²) < 4.78 is 43.5. The summed E-state index contributed by atoms with van der Waals surface area (Å²) in [7, 11) is -3.54. The summed E-state index contributed by atoms with van der Waals surface area (Å²) in [6, 6.07) is 2.43. The fourth-order valence-electron chi connectivity index (χ4n) is 13.6. The number of piperidine rings is 2. The zero-order chi connectivity index (χ0) is 73.2. The molecular formula is C67H99N15O18S2. The van der Waals surface area contributed by atoms with E-state index >= 15 is 0 Å². The summed E-state index contributed by atoms with van der Waals surface area (Å²) in [5.74, 6) is -6.61. The Bertz CT molecular complexity index is 3530. The molecule has 4 saturated heterocycles. The number of nitrogens with zero attached hydrogens (tertiary/aromatic N) is 8. The van der Waals surface area contributed by atoms with Crippen LogP contribution in [0.25, 0.3) is 21.7 Å². The third-order valence-corrected chi connectivity index (χ3v) is 20.8. The van der Waals surface area contributed by atoms with Crippen LogP contribution in [0, 0.1) is 11.8 Å². The van der Waals surface area contributed by atoms with Crippen molar-refractivity contribution in [2.24, 2.45) is 11.8 Å². The van der Waals surface area contributed by atoms with E-state index in [1.54, 1.807) is 7.05 Å². The molecular weight excluding hydrogens is 1370 g/mol. The van der Waals surface area contributed by atoms with Gasteiger partial charge >= 0.3 is 10.4 Å². The Kier molecular flexibility index (Phi) is 28.8. The fraction of sp³-hybridized carbons (Fsp3) is 0.642. The fourth-order valence-corrected chi connectivity index (χ4v) is 14.9. The number of aromatic nitrogens is 4. The number of phenolic OH excluding ortho intramolecular Hbond substituents is 1. The summed E-state index contributed by atoms with van der Waals surface area (Å²) in [5.41, 5.74) is 2.71. The van der Waals surface area contributed by atoms with E-state index in [9.17, 15) is 77.5 Å². The molecule has 0 spiro atoms. The number of aromatic hydroxyl groups is 1. The van der Waals surface area contributed by atoms with Crippen molar-refractivity contribution >= 4 is 68.3 Å². The zero-order valence-corrected chi connectivity index (χ0v) is 59.4. The molecule has 33 nitrogen and oxygen atoms in total. The predicted molar refractivity (Wildman–Crippen MR) is 374 cm³/mol. The SMILES string of the molecule is CNCCNC(=O)C[C@@H](O)[C@H](NC(=O)[C@@H](NC(=O)[C@@H]1C[C@@H](O)CN1C(=O)[C@@H](NC(=O)[C@H](C[C@@H](O)CNCO)NCC1CCN(c2nnc(-c3ccc(-c4cnc(N5CCC(OC6CCCCC6)CC5)nc4)cc3)s2)CC1)[C@@H](C)O)[C@H](O)Cc1ccc(O)c(OS(=O)(=O)O)c1)C(=O)N1CC[C@@H](C)C1. The van der Waals surface area contributed by atoms with Gasteiger partial charge in [0, 0.05) is 102 Å². The standard InChI is InChI=1S/C67H99N15O18S2/c1-39-15-22-81(36-39)64(94)59(54(89)31-56(90)70-21-20-68-3)76-62(93)58(53(88)27-42-9-14-52(87)55(28-42)100-102(96,97)98)75-61(92)51-30-47(86)37-82(51)65(95)57(40(2)84)74-60(91)50(29-46(85)35-69-38-83)71-32-41-16-23-80(24-17-41)67-78-77-63(101-67)44-12-10-43(11-13-44)45-33-72-66(73-34-45)79-25-18-49(19-26-79)99-48-7-5-4-6-8-48/h9-14,28,33-34,39-41,46-51,53-54,57-59,68-69,71,83-89H,4-8,15-27,29-32,35-38H2,1-3H3,(H,70,90)(H,74,91)(H,75,92)(H,76,93)(H,96,97,98)/t39-,40-,46-,47-,50+,51+,53-,54-,57+,58+,59+/m1/s1. The number of carbonyl (C=O) groups is 6. The number of hydrogen-bond acceptors (Lipinski definition) is 27. The second-order valence-electron chi connectivity index (χ2n) is 27.3. The molecule has 6 heterocycles. The molecule has 2 aromatic carbocycles. The highest BCUT2D eigenvalue weighted by molar-refractivity contribution is 7.81. The number of likely N-dealkylation sites (N-methyl/N-ethyl adjacent to an activating group) is 1. The third-order valence-electron chi connectivity index (χ3n) is 19.3. The Morgan fingerprint density at radius 1 is 0.745 bits per heavy atom. The van der Waals surface area contributed by atoms with Crippen LogP contribution < -0.4 is 51.2 Å². The molecule has 2 aromatic heterocycles. The summed E-state index contributed by atoms with van der Waals surface area (Å²) in [6.07, 6.45) is 4.17. The molecule has 5 aliphatic rings. The molecule has 0 bridgehead atoms. The van der Waals surface area contributed by atoms with Crippen molar-refractivity contribution in [3.63, 3.8) is 0 Å². The van der Waals surface area contributed by atoms with E-state index in [0.717, 1.165) is 82.6 Å². The van der Waals surface area contributed by atoms with Crippen LogP contribution in [0.15, 0.2) is 54.9 Å². The molecule has 4 aliphatic heterocycles. The molecule has 11 atom stereocenters. The van der Waals surface area contributed by atoms with Crippen LogP contribution in [0.2, 0.25) is 0 Å². The molecule has 0 unspecified atom stereocenters. The van der Waals surface area contributed by atoms with Gasteiger partial charge in [-0.05, 0) is 107 Å². The van der Waals surface area contributed by atoms with E-state index in [-0.39, 0.29) is 62.6 Å². The minimum Gasteiger partial charge on any atom is -0.504 e. The second kappa shape index (κ2) is 37.4. The number of rotatable bonds is 34. The maximum atomic E-state index is 14.7. The van der Waals surface area contributed by atoms with Gasteiger partial charge in [0.25, 0.3) is 0 Å². The number of amides is 6. The molecule has 0 radical (unpaired) electrons. The predicted octanol–water partition coefficient (Wildman–Crippen LogP) is -1.31. The van der Waals surface area contributed by atoms with E-state index in [0.29, 0.717) is 50.9 Å². The second-order valence-corrected chi connectivity index (χ2v) is 29.3. The summed E-state index contributed by atoms with van der Waals surface area (Å²) in [6.45, 7) is 6.13. The smallest absolute Gasteiger partial charge is 0.446 e. The van der Waals surface area contributed by atoms with Gasteiger partial charge in [0.05, 0.1) is 61.9 Å². The number of aliphatic hydroxyl groups excluding tert-OH is 6. The monoisotopic (exact) mass is 1470 g/mol. The first-order chi connectivity index (χ1) is 48.8. The van der Waals surface area contributed by atoms with E-state index in [1.807, 2.05) is 43.6 Å². The van der Waals surface area contributed by atoms with Crippen molar-refractivity contribution in [3.8, 4) is 33.2 Å². The van der Waals surface area contributed by atoms with Crippen molar-refractivity contribution < 1.29 is 86.4 Å². The molecule has 15 N–H and O–H groups in total. The third kappa shape index (κ3) is 22.3. The Labute approximate surface area is 596 Å². The van der Waals surface area contributed by atoms with Gasteiger partial charge in [-0.3, -0.25) is 38.6 Å². The lowest BCUT2D eigenvalue weighted by Gasteiger charge is -2.34. The van der Waals surface area contributed by atoms with E-state index in [1.165, 1.54) is 48.5 Å². The van der Waals surface area contributed by atoms with E-state index in [4.69, 9.17) is 14.7 Å². The first kappa shape index (κ1) is 78.7. The van der Waals surface area contributed by atoms with Gasteiger partial charge in [-0.1, -0.05) is 67.9 Å². The maximum Gasteiger partial charge on any atom is 0.446 e. The topological polar surface area (TPSA) is 466 Å². The molecule has 4 aromatic rings. The molecule has 6 amide bonds. The van der Waals surface area contributed by atoms with Gasteiger partial charge < -0.3 is 96.2 Å². The Balaban J connectivity index is 0.828.